The Bertz CT molecular complexity index is 799. The van der Waals surface area contributed by atoms with Crippen molar-refractivity contribution < 1.29 is 9.84 Å². The van der Waals surface area contributed by atoms with Gasteiger partial charge in [0.1, 0.15) is 11.5 Å². The minimum atomic E-state index is 0.335. The van der Waals surface area contributed by atoms with Crippen molar-refractivity contribution in [2.24, 2.45) is 4.99 Å². The van der Waals surface area contributed by atoms with Gasteiger partial charge in [0.2, 0.25) is 0 Å². The first-order chi connectivity index (χ1) is 13.1. The van der Waals surface area contributed by atoms with Gasteiger partial charge in [0.15, 0.2) is 5.96 Å². The molecular formula is C21H28N4O2. The SMILES string of the molecule is CN=C(NCc1cc(C)cc(OC)c1)N1CCN(c2ccccc2O)CC1. The lowest BCUT2D eigenvalue weighted by atomic mass is 10.1. The third-order valence-electron chi connectivity index (χ3n) is 4.81. The highest BCUT2D eigenvalue weighted by molar-refractivity contribution is 5.80. The van der Waals surface area contributed by atoms with Crippen LogP contribution in [0.2, 0.25) is 0 Å². The standard InChI is InChI=1S/C21H28N4O2/c1-16-12-17(14-18(13-16)27-3)15-23-21(22-2)25-10-8-24(9-11-25)19-6-4-5-7-20(19)26/h4-7,12-14,26H,8-11,15H2,1-3H3,(H,22,23). The summed E-state index contributed by atoms with van der Waals surface area (Å²) in [5, 5.41) is 13.5. The number of aryl methyl sites for hydroxylation is 1. The summed E-state index contributed by atoms with van der Waals surface area (Å²) in [7, 11) is 3.50. The molecule has 0 aromatic heterocycles. The van der Waals surface area contributed by atoms with Gasteiger partial charge in [-0.3, -0.25) is 4.99 Å². The maximum absolute atomic E-state index is 10.1. The monoisotopic (exact) mass is 368 g/mol. The van der Waals surface area contributed by atoms with Crippen molar-refractivity contribution in [3.63, 3.8) is 0 Å². The minimum Gasteiger partial charge on any atom is -0.506 e. The van der Waals surface area contributed by atoms with Crippen molar-refractivity contribution in [1.82, 2.24) is 10.2 Å². The number of para-hydroxylation sites is 2. The molecule has 2 N–H and O–H groups in total. The summed E-state index contributed by atoms with van der Waals surface area (Å²) in [6.07, 6.45) is 0. The summed E-state index contributed by atoms with van der Waals surface area (Å²) >= 11 is 0. The summed E-state index contributed by atoms with van der Waals surface area (Å²) in [6, 6.07) is 13.7. The number of hydrogen-bond acceptors (Lipinski definition) is 4. The number of phenols is 1. The van der Waals surface area contributed by atoms with Crippen molar-refractivity contribution >= 4 is 11.6 Å². The average Bonchev–Trinajstić information content (AvgIpc) is 2.69. The predicted octanol–water partition coefficient (Wildman–Crippen LogP) is 2.61. The number of guanidine groups is 1. The summed E-state index contributed by atoms with van der Waals surface area (Å²) in [5.41, 5.74) is 3.24. The fourth-order valence-electron chi connectivity index (χ4n) is 3.45. The van der Waals surface area contributed by atoms with E-state index in [4.69, 9.17) is 4.74 Å². The molecule has 0 radical (unpaired) electrons. The van der Waals surface area contributed by atoms with Gasteiger partial charge >= 0.3 is 0 Å². The number of anilines is 1. The molecule has 2 aromatic carbocycles. The van der Waals surface area contributed by atoms with Gasteiger partial charge in [-0.05, 0) is 42.3 Å². The van der Waals surface area contributed by atoms with E-state index in [0.717, 1.165) is 43.6 Å². The predicted molar refractivity (Wildman–Crippen MR) is 110 cm³/mol. The second kappa shape index (κ2) is 8.66. The molecule has 0 unspecified atom stereocenters. The van der Waals surface area contributed by atoms with Gasteiger partial charge in [-0.2, -0.15) is 0 Å². The van der Waals surface area contributed by atoms with Crippen LogP contribution in [0.25, 0.3) is 0 Å². The lowest BCUT2D eigenvalue weighted by molar-refractivity contribution is 0.369. The van der Waals surface area contributed by atoms with Crippen LogP contribution in [0.1, 0.15) is 11.1 Å². The molecule has 1 fully saturated rings. The topological polar surface area (TPSA) is 60.3 Å². The highest BCUT2D eigenvalue weighted by atomic mass is 16.5. The van der Waals surface area contributed by atoms with Crippen LogP contribution in [0.15, 0.2) is 47.5 Å². The van der Waals surface area contributed by atoms with Gasteiger partial charge in [-0.1, -0.05) is 18.2 Å². The number of rotatable bonds is 4. The first kappa shape index (κ1) is 18.9. The normalized spacial score (nSPS) is 15.0. The maximum atomic E-state index is 10.1. The van der Waals surface area contributed by atoms with E-state index >= 15 is 0 Å². The Hall–Kier alpha value is -2.89. The van der Waals surface area contributed by atoms with Crippen molar-refractivity contribution in [3.05, 3.63) is 53.6 Å². The van der Waals surface area contributed by atoms with Gasteiger partial charge in [0, 0.05) is 39.8 Å². The van der Waals surface area contributed by atoms with Gasteiger partial charge in [0.25, 0.3) is 0 Å². The number of piperazine rings is 1. The van der Waals surface area contributed by atoms with Crippen molar-refractivity contribution in [1.29, 1.82) is 0 Å². The number of phenolic OH excluding ortho intramolecular Hbond substituents is 1. The molecule has 1 saturated heterocycles. The molecule has 0 bridgehead atoms. The van der Waals surface area contributed by atoms with Crippen molar-refractivity contribution in [2.45, 2.75) is 13.5 Å². The largest absolute Gasteiger partial charge is 0.506 e. The van der Waals surface area contributed by atoms with E-state index in [0.29, 0.717) is 12.3 Å². The molecule has 6 nitrogen and oxygen atoms in total. The molecule has 27 heavy (non-hydrogen) atoms. The molecule has 0 spiro atoms. The summed E-state index contributed by atoms with van der Waals surface area (Å²) < 4.78 is 5.35. The fourth-order valence-corrected chi connectivity index (χ4v) is 3.45. The van der Waals surface area contributed by atoms with Crippen LogP contribution in [-0.2, 0) is 6.54 Å². The highest BCUT2D eigenvalue weighted by Gasteiger charge is 2.21. The number of nitrogens with one attached hydrogen (secondary N) is 1. The molecule has 0 amide bonds. The maximum Gasteiger partial charge on any atom is 0.194 e. The number of nitrogens with zero attached hydrogens (tertiary/aromatic N) is 3. The molecule has 144 valence electrons. The Balaban J connectivity index is 1.58. The smallest absolute Gasteiger partial charge is 0.194 e. The lowest BCUT2D eigenvalue weighted by Crippen LogP contribution is -2.52. The Morgan fingerprint density at radius 1 is 1.15 bits per heavy atom. The van der Waals surface area contributed by atoms with Crippen LogP contribution in [0.3, 0.4) is 0 Å². The van der Waals surface area contributed by atoms with Gasteiger partial charge < -0.3 is 25.0 Å². The first-order valence-corrected chi connectivity index (χ1v) is 9.24. The quantitative estimate of drug-likeness (QED) is 0.642. The molecule has 0 atom stereocenters. The van der Waals surface area contributed by atoms with Crippen LogP contribution >= 0.6 is 0 Å². The number of methoxy groups -OCH3 is 1. The third-order valence-corrected chi connectivity index (χ3v) is 4.81. The number of benzene rings is 2. The van der Waals surface area contributed by atoms with E-state index in [1.54, 1.807) is 13.2 Å². The Morgan fingerprint density at radius 2 is 1.89 bits per heavy atom. The molecule has 1 heterocycles. The van der Waals surface area contributed by atoms with Gasteiger partial charge in [-0.15, -0.1) is 0 Å². The van der Waals surface area contributed by atoms with Crippen LogP contribution in [0, 0.1) is 6.92 Å². The van der Waals surface area contributed by atoms with E-state index in [1.165, 1.54) is 11.1 Å². The molecule has 1 aliphatic rings. The number of aliphatic imine (C=N–C) groups is 1. The third kappa shape index (κ3) is 4.64. The Labute approximate surface area is 161 Å². The Kier molecular flexibility index (Phi) is 6.06. The minimum absolute atomic E-state index is 0.335. The molecular weight excluding hydrogens is 340 g/mol. The summed E-state index contributed by atoms with van der Waals surface area (Å²) in [6.45, 7) is 6.16. The van der Waals surface area contributed by atoms with E-state index in [-0.39, 0.29) is 0 Å². The number of aromatic hydroxyl groups is 1. The molecule has 1 aliphatic heterocycles. The van der Waals surface area contributed by atoms with E-state index in [9.17, 15) is 5.11 Å². The van der Waals surface area contributed by atoms with Crippen LogP contribution in [-0.4, -0.2) is 56.3 Å². The zero-order chi connectivity index (χ0) is 19.2. The zero-order valence-corrected chi connectivity index (χ0v) is 16.3. The molecule has 0 aliphatic carbocycles. The second-order valence-electron chi connectivity index (χ2n) is 6.72. The first-order valence-electron chi connectivity index (χ1n) is 9.24. The fraction of sp³-hybridized carbons (Fsp3) is 0.381. The van der Waals surface area contributed by atoms with E-state index in [2.05, 4.69) is 33.1 Å². The lowest BCUT2D eigenvalue weighted by Gasteiger charge is -2.37. The highest BCUT2D eigenvalue weighted by Crippen LogP contribution is 2.27. The average molecular weight is 368 g/mol. The van der Waals surface area contributed by atoms with Crippen molar-refractivity contribution in [3.8, 4) is 11.5 Å². The second-order valence-corrected chi connectivity index (χ2v) is 6.72. The number of hydrogen-bond donors (Lipinski definition) is 2. The molecule has 0 saturated carbocycles. The van der Waals surface area contributed by atoms with Crippen LogP contribution in [0.4, 0.5) is 5.69 Å². The molecule has 3 rings (SSSR count). The van der Waals surface area contributed by atoms with Gasteiger partial charge in [0.05, 0.1) is 12.8 Å². The van der Waals surface area contributed by atoms with E-state index < -0.39 is 0 Å². The van der Waals surface area contributed by atoms with E-state index in [1.807, 2.05) is 37.4 Å². The summed E-state index contributed by atoms with van der Waals surface area (Å²) in [5.74, 6) is 2.10. The molecule has 6 heteroatoms. The van der Waals surface area contributed by atoms with Gasteiger partial charge in [-0.25, -0.2) is 0 Å². The number of ether oxygens (including phenoxy) is 1. The Morgan fingerprint density at radius 3 is 2.56 bits per heavy atom. The zero-order valence-electron chi connectivity index (χ0n) is 16.3. The van der Waals surface area contributed by atoms with Crippen molar-refractivity contribution in [2.75, 3.05) is 45.2 Å². The summed E-state index contributed by atoms with van der Waals surface area (Å²) in [4.78, 5) is 8.91. The van der Waals surface area contributed by atoms with Crippen LogP contribution < -0.4 is 15.0 Å². The van der Waals surface area contributed by atoms with Crippen LogP contribution in [0.5, 0.6) is 11.5 Å². The molecule has 2 aromatic rings.